The lowest BCUT2D eigenvalue weighted by atomic mass is 9.96. The Balaban J connectivity index is 2.12. The lowest BCUT2D eigenvalue weighted by Crippen LogP contribution is -2.28. The average molecular weight is 441 g/mol. The Kier molecular flexibility index (Phi) is 10.4. The second-order valence-electron chi connectivity index (χ2n) is 8.49. The van der Waals surface area contributed by atoms with Crippen LogP contribution in [0.4, 0.5) is 0 Å². The van der Waals surface area contributed by atoms with E-state index in [1.807, 2.05) is 42.5 Å². The van der Waals surface area contributed by atoms with Crippen molar-refractivity contribution >= 4 is 22.7 Å². The number of rotatable bonds is 12. The summed E-state index contributed by atoms with van der Waals surface area (Å²) in [6.07, 6.45) is 3.34. The molecule has 32 heavy (non-hydrogen) atoms. The minimum atomic E-state index is -0.856. The van der Waals surface area contributed by atoms with Gasteiger partial charge in [-0.15, -0.1) is 0 Å². The maximum Gasteiger partial charge on any atom is 0.340 e. The molecule has 0 radical (unpaired) electrons. The number of hydrogen-bond donors (Lipinski definition) is 0. The van der Waals surface area contributed by atoms with Crippen molar-refractivity contribution in [3.63, 3.8) is 0 Å². The normalized spacial score (nSPS) is 13.8. The van der Waals surface area contributed by atoms with Gasteiger partial charge in [0.1, 0.15) is 6.10 Å². The average Bonchev–Trinajstić information content (AvgIpc) is 2.74. The van der Waals surface area contributed by atoms with Gasteiger partial charge in [0.15, 0.2) is 6.10 Å². The molecule has 1 unspecified atom stereocenters. The van der Waals surface area contributed by atoms with Gasteiger partial charge < -0.3 is 14.2 Å². The third-order valence-electron chi connectivity index (χ3n) is 5.39. The number of allylic oxidation sites excluding steroid dienone is 2. The van der Waals surface area contributed by atoms with E-state index >= 15 is 0 Å². The summed E-state index contributed by atoms with van der Waals surface area (Å²) >= 11 is 0. The van der Waals surface area contributed by atoms with E-state index in [1.165, 1.54) is 12.7 Å². The summed E-state index contributed by atoms with van der Waals surface area (Å²) in [5, 5.41) is 2.11. The molecule has 0 heterocycles. The molecule has 0 aliphatic carbocycles. The number of esters is 2. The van der Waals surface area contributed by atoms with Crippen molar-refractivity contribution in [1.82, 2.24) is 0 Å². The van der Waals surface area contributed by atoms with Crippen LogP contribution < -0.4 is 0 Å². The summed E-state index contributed by atoms with van der Waals surface area (Å²) in [5.41, 5.74) is 2.01. The maximum absolute atomic E-state index is 13.0. The van der Waals surface area contributed by atoms with Crippen LogP contribution in [0.2, 0.25) is 0 Å². The topological polar surface area (TPSA) is 61.8 Å². The first-order chi connectivity index (χ1) is 15.3. The highest BCUT2D eigenvalue weighted by atomic mass is 16.6. The number of methoxy groups -OCH3 is 1. The predicted molar refractivity (Wildman–Crippen MR) is 127 cm³/mol. The monoisotopic (exact) mass is 440 g/mol. The molecule has 2 aromatic carbocycles. The fourth-order valence-electron chi connectivity index (χ4n) is 3.77. The molecule has 0 bridgehead atoms. The van der Waals surface area contributed by atoms with Crippen LogP contribution in [0.5, 0.6) is 0 Å². The van der Waals surface area contributed by atoms with Crippen molar-refractivity contribution in [3.8, 4) is 0 Å². The molecular weight excluding hydrogens is 404 g/mol. The van der Waals surface area contributed by atoms with Gasteiger partial charge in [-0.3, -0.25) is 4.79 Å². The van der Waals surface area contributed by atoms with Crippen molar-refractivity contribution in [2.24, 2.45) is 5.92 Å². The zero-order valence-electron chi connectivity index (χ0n) is 19.9. The number of fused-ring (bicyclic) bond motifs is 1. The Hall–Kier alpha value is -2.66. The van der Waals surface area contributed by atoms with Crippen LogP contribution in [0, 0.1) is 5.92 Å². The molecule has 0 aliphatic heterocycles. The van der Waals surface area contributed by atoms with Gasteiger partial charge in [0, 0.05) is 7.11 Å². The van der Waals surface area contributed by atoms with Crippen molar-refractivity contribution in [2.75, 3.05) is 13.7 Å². The SMILES string of the molecule is CCOC(=O)C[C@H](C[C@H](C)CCC=C(C)C)OC(=O)C(OC)c1ccc2ccccc2c1. The molecule has 2 rings (SSSR count). The molecular formula is C27H36O5. The first kappa shape index (κ1) is 25.6. The molecule has 0 saturated carbocycles. The molecule has 0 amide bonds. The minimum Gasteiger partial charge on any atom is -0.466 e. The molecule has 0 aliphatic rings. The summed E-state index contributed by atoms with van der Waals surface area (Å²) < 4.78 is 16.4. The summed E-state index contributed by atoms with van der Waals surface area (Å²) in [6.45, 7) is 8.33. The zero-order valence-corrected chi connectivity index (χ0v) is 19.9. The number of ether oxygens (including phenoxy) is 3. The quantitative estimate of drug-likeness (QED) is 0.292. The Labute approximate surface area is 191 Å². The Morgan fingerprint density at radius 3 is 2.44 bits per heavy atom. The Morgan fingerprint density at radius 2 is 1.78 bits per heavy atom. The van der Waals surface area contributed by atoms with Gasteiger partial charge >= 0.3 is 11.9 Å². The van der Waals surface area contributed by atoms with Gasteiger partial charge in [-0.05, 0) is 68.4 Å². The summed E-state index contributed by atoms with van der Waals surface area (Å²) in [4.78, 5) is 25.2. The second kappa shape index (κ2) is 13.0. The van der Waals surface area contributed by atoms with Crippen molar-refractivity contribution < 1.29 is 23.8 Å². The highest BCUT2D eigenvalue weighted by Crippen LogP contribution is 2.26. The van der Waals surface area contributed by atoms with Crippen LogP contribution in [-0.4, -0.2) is 31.8 Å². The minimum absolute atomic E-state index is 0.0424. The van der Waals surface area contributed by atoms with Gasteiger partial charge in [0.05, 0.1) is 13.0 Å². The lowest BCUT2D eigenvalue weighted by Gasteiger charge is -2.23. The third kappa shape index (κ3) is 8.12. The van der Waals surface area contributed by atoms with Crippen LogP contribution in [0.1, 0.15) is 65.0 Å². The molecule has 174 valence electrons. The van der Waals surface area contributed by atoms with Gasteiger partial charge in [-0.1, -0.05) is 55.0 Å². The van der Waals surface area contributed by atoms with E-state index in [0.717, 1.165) is 29.2 Å². The number of benzene rings is 2. The van der Waals surface area contributed by atoms with E-state index in [2.05, 4.69) is 26.8 Å². The van der Waals surface area contributed by atoms with Gasteiger partial charge in [-0.2, -0.15) is 0 Å². The van der Waals surface area contributed by atoms with E-state index in [0.29, 0.717) is 18.9 Å². The first-order valence-corrected chi connectivity index (χ1v) is 11.3. The molecule has 0 N–H and O–H groups in total. The van der Waals surface area contributed by atoms with Crippen LogP contribution in [0.3, 0.4) is 0 Å². The molecule has 2 aromatic rings. The number of carbonyl (C=O) groups is 2. The zero-order chi connectivity index (χ0) is 23.5. The van der Waals surface area contributed by atoms with E-state index in [9.17, 15) is 9.59 Å². The first-order valence-electron chi connectivity index (χ1n) is 11.3. The number of carbonyl (C=O) groups excluding carboxylic acids is 2. The van der Waals surface area contributed by atoms with E-state index in [4.69, 9.17) is 14.2 Å². The fourth-order valence-corrected chi connectivity index (χ4v) is 3.77. The second-order valence-corrected chi connectivity index (χ2v) is 8.49. The number of hydrogen-bond acceptors (Lipinski definition) is 5. The molecule has 0 aromatic heterocycles. The van der Waals surface area contributed by atoms with Crippen molar-refractivity contribution in [2.45, 2.75) is 65.6 Å². The summed E-state index contributed by atoms with van der Waals surface area (Å²) in [7, 11) is 1.49. The largest absolute Gasteiger partial charge is 0.466 e. The smallest absolute Gasteiger partial charge is 0.340 e. The summed E-state index contributed by atoms with van der Waals surface area (Å²) in [5.74, 6) is -0.561. The molecule has 5 heteroatoms. The Morgan fingerprint density at radius 1 is 1.06 bits per heavy atom. The fraction of sp³-hybridized carbons (Fsp3) is 0.481. The molecule has 0 fully saturated rings. The van der Waals surface area contributed by atoms with E-state index in [-0.39, 0.29) is 12.4 Å². The lowest BCUT2D eigenvalue weighted by molar-refractivity contribution is -0.165. The maximum atomic E-state index is 13.0. The van der Waals surface area contributed by atoms with Crippen LogP contribution in [-0.2, 0) is 23.8 Å². The van der Waals surface area contributed by atoms with Gasteiger partial charge in [0.2, 0.25) is 0 Å². The molecule has 0 saturated heterocycles. The van der Waals surface area contributed by atoms with Gasteiger partial charge in [-0.25, -0.2) is 4.79 Å². The van der Waals surface area contributed by atoms with E-state index in [1.54, 1.807) is 6.92 Å². The van der Waals surface area contributed by atoms with Crippen LogP contribution >= 0.6 is 0 Å². The van der Waals surface area contributed by atoms with Crippen LogP contribution in [0.25, 0.3) is 10.8 Å². The standard InChI is InChI=1S/C27H36O5/c1-6-31-25(28)18-24(16-20(4)11-9-10-19(2)3)32-27(29)26(30-5)23-15-14-21-12-7-8-13-22(21)17-23/h7-8,10,12-15,17,20,24,26H,6,9,11,16,18H2,1-5H3/t20-,24+,26?/m1/s1. The van der Waals surface area contributed by atoms with Crippen LogP contribution in [0.15, 0.2) is 54.1 Å². The third-order valence-corrected chi connectivity index (χ3v) is 5.39. The van der Waals surface area contributed by atoms with Crippen molar-refractivity contribution in [3.05, 3.63) is 59.7 Å². The molecule has 3 atom stereocenters. The highest BCUT2D eigenvalue weighted by Gasteiger charge is 2.28. The molecule has 5 nitrogen and oxygen atoms in total. The Bertz CT molecular complexity index is 913. The van der Waals surface area contributed by atoms with Gasteiger partial charge in [0.25, 0.3) is 0 Å². The molecule has 0 spiro atoms. The van der Waals surface area contributed by atoms with Crippen molar-refractivity contribution in [1.29, 1.82) is 0 Å². The van der Waals surface area contributed by atoms with E-state index < -0.39 is 18.2 Å². The summed E-state index contributed by atoms with van der Waals surface area (Å²) in [6, 6.07) is 13.7. The predicted octanol–water partition coefficient (Wildman–Crippen LogP) is 6.16. The highest BCUT2D eigenvalue weighted by molar-refractivity contribution is 5.85.